The first-order valence-electron chi connectivity index (χ1n) is 8.01. The predicted molar refractivity (Wildman–Crippen MR) is 88.3 cm³/mol. The molecule has 3 heterocycles. The highest BCUT2D eigenvalue weighted by molar-refractivity contribution is 6.04. The van der Waals surface area contributed by atoms with Crippen molar-refractivity contribution in [2.24, 2.45) is 4.99 Å². The molecular formula is C19H15NO4. The number of dihydropyridines is 1. The number of rotatable bonds is 1. The maximum absolute atomic E-state index is 13.2. The quantitative estimate of drug-likeness (QED) is 0.798. The van der Waals surface area contributed by atoms with Crippen molar-refractivity contribution in [1.29, 1.82) is 0 Å². The Morgan fingerprint density at radius 1 is 1.17 bits per heavy atom. The number of ketones is 1. The summed E-state index contributed by atoms with van der Waals surface area (Å²) in [6, 6.07) is 3.68. The Hall–Kier alpha value is -2.82. The summed E-state index contributed by atoms with van der Waals surface area (Å²) < 4.78 is 16.8. The van der Waals surface area contributed by atoms with Crippen LogP contribution in [0.15, 0.2) is 47.2 Å². The molecule has 0 amide bonds. The maximum Gasteiger partial charge on any atom is 0.231 e. The number of ether oxygens (including phenoxy) is 3. The van der Waals surface area contributed by atoms with Gasteiger partial charge in [0.05, 0.1) is 23.8 Å². The number of Topliss-reactive ketones (excluding diaryl/α,β-unsaturated/α-hetero) is 1. The Morgan fingerprint density at radius 2 is 2.04 bits per heavy atom. The molecule has 24 heavy (non-hydrogen) atoms. The van der Waals surface area contributed by atoms with E-state index in [1.54, 1.807) is 12.5 Å². The molecule has 4 aliphatic rings. The minimum absolute atomic E-state index is 0.0770. The van der Waals surface area contributed by atoms with E-state index in [-0.39, 0.29) is 30.6 Å². The molecule has 0 aromatic heterocycles. The summed E-state index contributed by atoms with van der Waals surface area (Å²) in [7, 11) is 0. The lowest BCUT2D eigenvalue weighted by Gasteiger charge is -2.34. The van der Waals surface area contributed by atoms with Crippen LogP contribution < -0.4 is 9.47 Å². The van der Waals surface area contributed by atoms with Crippen LogP contribution >= 0.6 is 0 Å². The van der Waals surface area contributed by atoms with Crippen LogP contribution in [0.25, 0.3) is 6.08 Å². The zero-order valence-corrected chi connectivity index (χ0v) is 12.8. The van der Waals surface area contributed by atoms with E-state index in [4.69, 9.17) is 14.2 Å². The van der Waals surface area contributed by atoms with E-state index in [2.05, 4.69) is 4.99 Å². The largest absolute Gasteiger partial charge is 0.492 e. The summed E-state index contributed by atoms with van der Waals surface area (Å²) in [6.45, 7) is 0.217. The lowest BCUT2D eigenvalue weighted by molar-refractivity contribution is -0.120. The summed E-state index contributed by atoms with van der Waals surface area (Å²) in [5, 5.41) is 0. The number of hydrogen-bond acceptors (Lipinski definition) is 5. The van der Waals surface area contributed by atoms with Crippen molar-refractivity contribution in [1.82, 2.24) is 0 Å². The zero-order chi connectivity index (χ0) is 16.1. The molecule has 5 nitrogen and oxygen atoms in total. The van der Waals surface area contributed by atoms with Gasteiger partial charge in [-0.3, -0.25) is 9.79 Å². The van der Waals surface area contributed by atoms with E-state index < -0.39 is 0 Å². The van der Waals surface area contributed by atoms with Gasteiger partial charge in [-0.15, -0.1) is 0 Å². The summed E-state index contributed by atoms with van der Waals surface area (Å²) >= 11 is 0. The minimum atomic E-state index is -0.361. The van der Waals surface area contributed by atoms with Crippen molar-refractivity contribution < 1.29 is 19.0 Å². The Labute approximate surface area is 138 Å². The molecule has 0 saturated carbocycles. The molecule has 0 saturated heterocycles. The summed E-state index contributed by atoms with van der Waals surface area (Å²) in [6.07, 6.45) is 11.6. The van der Waals surface area contributed by atoms with Crippen molar-refractivity contribution in [2.75, 3.05) is 6.79 Å². The van der Waals surface area contributed by atoms with Gasteiger partial charge >= 0.3 is 0 Å². The summed E-state index contributed by atoms with van der Waals surface area (Å²) in [5.41, 5.74) is 2.54. The number of fused-ring (bicyclic) bond motifs is 4. The highest BCUT2D eigenvalue weighted by Crippen LogP contribution is 2.44. The third-order valence-electron chi connectivity index (χ3n) is 4.83. The van der Waals surface area contributed by atoms with E-state index in [0.717, 1.165) is 23.3 Å². The van der Waals surface area contributed by atoms with Gasteiger partial charge in [0, 0.05) is 6.21 Å². The second kappa shape index (κ2) is 5.09. The molecular weight excluding hydrogens is 306 g/mol. The standard InChI is InChI=1S/C19H15NO4/c21-19-13(14-3-1-2-6-20-14)9-22-15-5-4-11-7-16-17(24-10-23-16)8-12(11)18(15)19/h1-2,4-9,14-15,18H,3,10H2. The van der Waals surface area contributed by atoms with Crippen molar-refractivity contribution in [2.45, 2.75) is 24.5 Å². The zero-order valence-electron chi connectivity index (χ0n) is 12.8. The maximum atomic E-state index is 13.2. The van der Waals surface area contributed by atoms with Crippen LogP contribution in [-0.2, 0) is 9.53 Å². The highest BCUT2D eigenvalue weighted by atomic mass is 16.7. The van der Waals surface area contributed by atoms with Crippen molar-refractivity contribution in [3.05, 3.63) is 53.3 Å². The van der Waals surface area contributed by atoms with Crippen molar-refractivity contribution in [3.8, 4) is 11.5 Å². The molecule has 0 N–H and O–H groups in total. The van der Waals surface area contributed by atoms with Gasteiger partial charge in [0.2, 0.25) is 6.79 Å². The molecule has 5 rings (SSSR count). The van der Waals surface area contributed by atoms with Crippen molar-refractivity contribution in [3.63, 3.8) is 0 Å². The van der Waals surface area contributed by atoms with Gasteiger partial charge in [-0.25, -0.2) is 0 Å². The SMILES string of the molecule is O=C1C(C2CC=CC=N2)=COC2C=Cc3cc4c(cc3C12)OCO4. The van der Waals surface area contributed by atoms with E-state index in [0.29, 0.717) is 11.3 Å². The van der Waals surface area contributed by atoms with Gasteiger partial charge in [0.15, 0.2) is 17.3 Å². The molecule has 1 aromatic rings. The Kier molecular flexibility index (Phi) is 2.89. The van der Waals surface area contributed by atoms with Gasteiger partial charge in [-0.05, 0) is 41.8 Å². The topological polar surface area (TPSA) is 57.1 Å². The van der Waals surface area contributed by atoms with Crippen LogP contribution in [0.2, 0.25) is 0 Å². The minimum Gasteiger partial charge on any atom is -0.492 e. The molecule has 0 radical (unpaired) electrons. The Morgan fingerprint density at radius 3 is 2.88 bits per heavy atom. The third-order valence-corrected chi connectivity index (χ3v) is 4.83. The van der Waals surface area contributed by atoms with E-state index >= 15 is 0 Å². The van der Waals surface area contributed by atoms with Gasteiger partial charge < -0.3 is 14.2 Å². The number of carbonyl (C=O) groups excluding carboxylic acids is 1. The normalized spacial score (nSPS) is 28.9. The number of hydrogen-bond donors (Lipinski definition) is 0. The predicted octanol–water partition coefficient (Wildman–Crippen LogP) is 2.78. The average molecular weight is 321 g/mol. The first kappa shape index (κ1) is 13.6. The Balaban J connectivity index is 1.56. The van der Waals surface area contributed by atoms with Crippen molar-refractivity contribution >= 4 is 18.1 Å². The molecule has 3 atom stereocenters. The number of carbonyl (C=O) groups is 1. The van der Waals surface area contributed by atoms with Crippen LogP contribution in [-0.4, -0.2) is 30.9 Å². The second-order valence-corrected chi connectivity index (χ2v) is 6.19. The van der Waals surface area contributed by atoms with E-state index in [9.17, 15) is 4.79 Å². The summed E-state index contributed by atoms with van der Waals surface area (Å²) in [4.78, 5) is 17.6. The fraction of sp³-hybridized carbons (Fsp3) is 0.263. The number of nitrogens with zero attached hydrogens (tertiary/aromatic N) is 1. The van der Waals surface area contributed by atoms with Gasteiger partial charge in [-0.1, -0.05) is 12.2 Å². The van der Waals surface area contributed by atoms with Crippen LogP contribution in [0, 0.1) is 0 Å². The molecule has 3 unspecified atom stereocenters. The fourth-order valence-corrected chi connectivity index (χ4v) is 3.61. The van der Waals surface area contributed by atoms with Crippen LogP contribution in [0.4, 0.5) is 0 Å². The smallest absolute Gasteiger partial charge is 0.231 e. The molecule has 0 spiro atoms. The molecule has 1 aromatic carbocycles. The molecule has 3 aliphatic heterocycles. The third kappa shape index (κ3) is 1.94. The number of aliphatic imine (C=N–C) groups is 1. The molecule has 120 valence electrons. The Bertz CT molecular complexity index is 849. The van der Waals surface area contributed by atoms with Gasteiger partial charge in [0.25, 0.3) is 0 Å². The molecule has 0 bridgehead atoms. The van der Waals surface area contributed by atoms with E-state index in [1.165, 1.54) is 0 Å². The molecule has 0 fully saturated rings. The van der Waals surface area contributed by atoms with Gasteiger partial charge in [-0.2, -0.15) is 0 Å². The van der Waals surface area contributed by atoms with Crippen LogP contribution in [0.3, 0.4) is 0 Å². The lowest BCUT2D eigenvalue weighted by Crippen LogP contribution is -2.36. The van der Waals surface area contributed by atoms with Crippen LogP contribution in [0.1, 0.15) is 23.5 Å². The highest BCUT2D eigenvalue weighted by Gasteiger charge is 2.41. The monoisotopic (exact) mass is 321 g/mol. The first-order chi connectivity index (χ1) is 11.8. The molecule has 1 aliphatic carbocycles. The fourth-order valence-electron chi connectivity index (χ4n) is 3.61. The summed E-state index contributed by atoms with van der Waals surface area (Å²) in [5.74, 6) is 1.12. The van der Waals surface area contributed by atoms with Gasteiger partial charge in [0.1, 0.15) is 6.10 Å². The second-order valence-electron chi connectivity index (χ2n) is 6.19. The van der Waals surface area contributed by atoms with E-state index in [1.807, 2.05) is 36.4 Å². The first-order valence-corrected chi connectivity index (χ1v) is 8.01. The molecule has 5 heteroatoms. The van der Waals surface area contributed by atoms with Crippen LogP contribution in [0.5, 0.6) is 11.5 Å². The lowest BCUT2D eigenvalue weighted by atomic mass is 9.77. The average Bonchev–Trinajstić information content (AvgIpc) is 3.08. The number of benzene rings is 1. The number of allylic oxidation sites excluding steroid dienone is 1.